The highest BCUT2D eigenvalue weighted by atomic mass is 35.6. The zero-order chi connectivity index (χ0) is 20.6. The van der Waals surface area contributed by atoms with E-state index in [9.17, 15) is 9.90 Å². The summed E-state index contributed by atoms with van der Waals surface area (Å²) in [6.07, 6.45) is 4.04. The van der Waals surface area contributed by atoms with Crippen molar-refractivity contribution >= 4 is 40.6 Å². The van der Waals surface area contributed by atoms with E-state index in [2.05, 4.69) is 7.05 Å². The van der Waals surface area contributed by atoms with Gasteiger partial charge in [-0.05, 0) is 23.3 Å². The number of methoxy groups -OCH3 is 2. The van der Waals surface area contributed by atoms with Gasteiger partial charge in [-0.2, -0.15) is 0 Å². The van der Waals surface area contributed by atoms with Crippen molar-refractivity contribution in [3.63, 3.8) is 0 Å². The van der Waals surface area contributed by atoms with Crippen molar-refractivity contribution in [1.82, 2.24) is 0 Å². The maximum absolute atomic E-state index is 13.0. The first-order chi connectivity index (χ1) is 13.2. The van der Waals surface area contributed by atoms with Gasteiger partial charge in [0, 0.05) is 30.6 Å². The van der Waals surface area contributed by atoms with Crippen molar-refractivity contribution in [3.8, 4) is 11.5 Å². The van der Waals surface area contributed by atoms with Crippen LogP contribution in [0.1, 0.15) is 24.0 Å². The molecule has 154 valence electrons. The summed E-state index contributed by atoms with van der Waals surface area (Å²) in [7, 11) is 5.28. The first kappa shape index (κ1) is 21.6. The average Bonchev–Trinajstić information content (AvgIpc) is 2.63. The Morgan fingerprint density at radius 2 is 1.93 bits per heavy atom. The van der Waals surface area contributed by atoms with Crippen LogP contribution in [0.4, 0.5) is 0 Å². The number of Topliss-reactive ketones (excluding diaryl/α,β-unsaturated/α-hetero) is 1. The van der Waals surface area contributed by atoms with Crippen molar-refractivity contribution in [1.29, 1.82) is 0 Å². The molecule has 1 aromatic carbocycles. The summed E-state index contributed by atoms with van der Waals surface area (Å²) in [4.78, 5) is 14.1. The van der Waals surface area contributed by atoms with E-state index in [0.29, 0.717) is 24.0 Å². The number of hydrogen-bond donors (Lipinski definition) is 1. The molecule has 1 fully saturated rings. The van der Waals surface area contributed by atoms with Crippen LogP contribution in [0.2, 0.25) is 0 Å². The number of alkyl halides is 3. The molecule has 0 spiro atoms. The summed E-state index contributed by atoms with van der Waals surface area (Å²) < 4.78 is 9.83. The molecule has 0 amide bonds. The number of halogens is 3. The van der Waals surface area contributed by atoms with E-state index in [0.717, 1.165) is 30.5 Å². The normalized spacial score (nSPS) is 30.5. The van der Waals surface area contributed by atoms with Crippen molar-refractivity contribution < 1.29 is 24.3 Å². The van der Waals surface area contributed by atoms with E-state index in [4.69, 9.17) is 44.3 Å². The predicted octanol–water partition coefficient (Wildman–Crippen LogP) is 1.96. The number of likely N-dealkylation sites (N-methyl/N-ethyl adjacent to an activating group) is 1. The third-order valence-corrected chi connectivity index (χ3v) is 6.34. The van der Waals surface area contributed by atoms with Crippen molar-refractivity contribution in [3.05, 3.63) is 35.1 Å². The quantitative estimate of drug-likeness (QED) is 0.703. The maximum Gasteiger partial charge on any atom is 0.197 e. The molecule has 8 heteroatoms. The van der Waals surface area contributed by atoms with Crippen LogP contribution >= 0.6 is 34.8 Å². The number of piperidine rings is 1. The fourth-order valence-corrected chi connectivity index (χ4v) is 5.16. The van der Waals surface area contributed by atoms with Gasteiger partial charge in [0.2, 0.25) is 0 Å². The second kappa shape index (κ2) is 8.31. The molecule has 28 heavy (non-hydrogen) atoms. The molecule has 1 aromatic rings. The summed E-state index contributed by atoms with van der Waals surface area (Å²) in [5, 5.41) is 13.0. The number of ketones is 1. The Hall–Kier alpha value is -1.14. The third kappa shape index (κ3) is 3.58. The third-order valence-electron chi connectivity index (χ3n) is 6.34. The SMILES string of the molecule is COC1=C[C@@H]2[C@@H]3Cc4ccc(OC)c([O-])c4[C@]2(CC[NH+]3C)CC1=O.ClC(Cl)Cl. The van der Waals surface area contributed by atoms with Gasteiger partial charge in [0.1, 0.15) is 5.75 Å². The number of quaternary nitrogens is 1. The van der Waals surface area contributed by atoms with Gasteiger partial charge in [-0.3, -0.25) is 4.79 Å². The van der Waals surface area contributed by atoms with E-state index in [1.807, 2.05) is 12.1 Å². The zero-order valence-corrected chi connectivity index (χ0v) is 18.3. The van der Waals surface area contributed by atoms with Gasteiger partial charge in [-0.1, -0.05) is 46.6 Å². The number of hydrogen-bond acceptors (Lipinski definition) is 4. The largest absolute Gasteiger partial charge is 0.870 e. The minimum Gasteiger partial charge on any atom is -0.870 e. The summed E-state index contributed by atoms with van der Waals surface area (Å²) >= 11 is 14.4. The lowest BCUT2D eigenvalue weighted by atomic mass is 9.53. The molecule has 4 atom stereocenters. The molecule has 1 heterocycles. The summed E-state index contributed by atoms with van der Waals surface area (Å²) in [5.74, 6) is 0.947. The minimum atomic E-state index is -0.750. The lowest BCUT2D eigenvalue weighted by Crippen LogP contribution is -3.16. The molecule has 0 saturated carbocycles. The van der Waals surface area contributed by atoms with Gasteiger partial charge >= 0.3 is 0 Å². The van der Waals surface area contributed by atoms with Crippen LogP contribution in [0.3, 0.4) is 0 Å². The Labute approximate surface area is 180 Å². The Morgan fingerprint density at radius 3 is 2.54 bits per heavy atom. The molecule has 0 radical (unpaired) electrons. The topological polar surface area (TPSA) is 63.0 Å². The van der Waals surface area contributed by atoms with Crippen LogP contribution in [0.15, 0.2) is 24.0 Å². The number of allylic oxidation sites excluding steroid dienone is 1. The molecule has 5 nitrogen and oxygen atoms in total. The van der Waals surface area contributed by atoms with Crippen LogP contribution in [-0.4, -0.2) is 43.9 Å². The first-order valence-corrected chi connectivity index (χ1v) is 10.5. The zero-order valence-electron chi connectivity index (χ0n) is 16.1. The predicted molar refractivity (Wildman–Crippen MR) is 108 cm³/mol. The average molecular weight is 449 g/mol. The van der Waals surface area contributed by atoms with Crippen LogP contribution in [0, 0.1) is 5.92 Å². The van der Waals surface area contributed by atoms with Crippen LogP contribution in [0.5, 0.6) is 11.5 Å². The number of carbonyl (C=O) groups excluding carboxylic acids is 1. The first-order valence-electron chi connectivity index (χ1n) is 9.16. The highest BCUT2D eigenvalue weighted by molar-refractivity contribution is 6.63. The number of nitrogens with one attached hydrogen (secondary N) is 1. The molecule has 1 saturated heterocycles. The Kier molecular flexibility index (Phi) is 6.40. The number of carbonyl (C=O) groups is 1. The Morgan fingerprint density at radius 1 is 1.25 bits per heavy atom. The Balaban J connectivity index is 0.000000516. The van der Waals surface area contributed by atoms with E-state index in [-0.39, 0.29) is 17.5 Å². The fraction of sp³-hybridized carbons (Fsp3) is 0.550. The van der Waals surface area contributed by atoms with E-state index < -0.39 is 9.71 Å². The molecule has 1 N–H and O–H groups in total. The number of fused-ring (bicyclic) bond motifs is 1. The molecule has 1 unspecified atom stereocenters. The van der Waals surface area contributed by atoms with Gasteiger partial charge in [0.05, 0.1) is 33.9 Å². The van der Waals surface area contributed by atoms with Gasteiger partial charge in [0.15, 0.2) is 15.8 Å². The van der Waals surface area contributed by atoms with Crippen LogP contribution in [0.25, 0.3) is 0 Å². The molecular weight excluding hydrogens is 425 g/mol. The molecule has 1 aliphatic heterocycles. The lowest BCUT2D eigenvalue weighted by molar-refractivity contribution is -0.917. The fourth-order valence-electron chi connectivity index (χ4n) is 5.16. The number of benzene rings is 1. The standard InChI is InChI=1S/C19H23NO4.CHCl3/c1-20-7-6-19-10-14(21)16(24-3)9-12(19)13(20)8-11-4-5-15(23-2)18(22)17(11)19;2-1(3)4/h4-5,9,12-13,22H,6-8,10H2,1-3H3;1H/t12-,13+,19-;/m1./s1. The second-order valence-electron chi connectivity index (χ2n) is 7.55. The number of likely N-dealkylation sites (tertiary alicyclic amines) is 1. The number of rotatable bonds is 2. The molecule has 3 aliphatic rings. The van der Waals surface area contributed by atoms with E-state index >= 15 is 0 Å². The van der Waals surface area contributed by atoms with Gasteiger partial charge < -0.3 is 19.5 Å². The monoisotopic (exact) mass is 447 g/mol. The molecule has 4 rings (SSSR count). The Bertz CT molecular complexity index is 795. The van der Waals surface area contributed by atoms with Crippen LogP contribution in [-0.2, 0) is 21.4 Å². The lowest BCUT2D eigenvalue weighted by Gasteiger charge is -2.55. The summed E-state index contributed by atoms with van der Waals surface area (Å²) in [6.45, 7) is 0.973. The molecule has 2 bridgehead atoms. The minimum absolute atomic E-state index is 0.00197. The van der Waals surface area contributed by atoms with Crippen molar-refractivity contribution in [2.24, 2.45) is 5.92 Å². The highest BCUT2D eigenvalue weighted by Crippen LogP contribution is 2.54. The van der Waals surface area contributed by atoms with E-state index in [1.165, 1.54) is 12.0 Å². The van der Waals surface area contributed by atoms with Gasteiger partial charge in [-0.15, -0.1) is 0 Å². The number of ether oxygens (including phenoxy) is 2. The maximum atomic E-state index is 13.0. The smallest absolute Gasteiger partial charge is 0.197 e. The van der Waals surface area contributed by atoms with E-state index in [1.54, 1.807) is 13.2 Å². The van der Waals surface area contributed by atoms with Crippen LogP contribution < -0.4 is 14.7 Å². The van der Waals surface area contributed by atoms with Gasteiger partial charge in [-0.25, -0.2) is 0 Å². The molecule has 0 aromatic heterocycles. The summed E-state index contributed by atoms with van der Waals surface area (Å²) in [5.41, 5.74) is 1.50. The van der Waals surface area contributed by atoms with Crippen molar-refractivity contribution in [2.75, 3.05) is 27.8 Å². The second-order valence-corrected chi connectivity index (χ2v) is 9.53. The van der Waals surface area contributed by atoms with Gasteiger partial charge in [0.25, 0.3) is 0 Å². The molecule has 2 aliphatic carbocycles. The van der Waals surface area contributed by atoms with Crippen molar-refractivity contribution in [2.45, 2.75) is 35.0 Å². The highest BCUT2D eigenvalue weighted by Gasteiger charge is 2.57. The molecular formula is C20H24Cl3NO4. The summed E-state index contributed by atoms with van der Waals surface area (Å²) in [6, 6.07) is 4.15.